The Hall–Kier alpha value is -1.05. The second kappa shape index (κ2) is 4.67. The third-order valence-corrected chi connectivity index (χ3v) is 3.82. The standard InChI is InChI=1S/C15H22FN/c1-11-4-5-13(16)14(10-11)17-12-6-8-15(2,3)9-7-12/h4-5,10,12,17H,6-9H2,1-3H3. The molecule has 1 saturated carbocycles. The van der Waals surface area contributed by atoms with Crippen LogP contribution in [0.4, 0.5) is 10.1 Å². The minimum atomic E-state index is -0.138. The predicted octanol–water partition coefficient (Wildman–Crippen LogP) is 4.51. The van der Waals surface area contributed by atoms with Gasteiger partial charge in [0.05, 0.1) is 5.69 Å². The molecule has 0 unspecified atom stereocenters. The third-order valence-electron chi connectivity index (χ3n) is 3.82. The van der Waals surface area contributed by atoms with Gasteiger partial charge in [-0.05, 0) is 55.7 Å². The molecule has 0 heterocycles. The molecule has 1 N–H and O–H groups in total. The van der Waals surface area contributed by atoms with Gasteiger partial charge in [-0.2, -0.15) is 0 Å². The highest BCUT2D eigenvalue weighted by molar-refractivity contribution is 5.47. The predicted molar refractivity (Wildman–Crippen MR) is 70.8 cm³/mol. The normalized spacial score (nSPS) is 20.2. The molecule has 94 valence electrons. The molecule has 17 heavy (non-hydrogen) atoms. The molecule has 1 nitrogen and oxygen atoms in total. The van der Waals surface area contributed by atoms with Gasteiger partial charge < -0.3 is 5.32 Å². The number of anilines is 1. The van der Waals surface area contributed by atoms with Crippen molar-refractivity contribution < 1.29 is 4.39 Å². The summed E-state index contributed by atoms with van der Waals surface area (Å²) in [6, 6.07) is 5.68. The Morgan fingerprint density at radius 2 is 1.88 bits per heavy atom. The van der Waals surface area contributed by atoms with Crippen molar-refractivity contribution in [2.75, 3.05) is 5.32 Å². The molecule has 2 heteroatoms. The fourth-order valence-corrected chi connectivity index (χ4v) is 2.51. The summed E-state index contributed by atoms with van der Waals surface area (Å²) in [6.07, 6.45) is 4.72. The molecule has 0 spiro atoms. The largest absolute Gasteiger partial charge is 0.380 e. The van der Waals surface area contributed by atoms with Crippen molar-refractivity contribution in [2.45, 2.75) is 52.5 Å². The molecule has 1 aliphatic carbocycles. The summed E-state index contributed by atoms with van der Waals surface area (Å²) in [5, 5.41) is 3.35. The second-order valence-electron chi connectivity index (χ2n) is 6.07. The monoisotopic (exact) mass is 235 g/mol. The minimum Gasteiger partial charge on any atom is -0.380 e. The molecule has 1 aromatic carbocycles. The highest BCUT2D eigenvalue weighted by atomic mass is 19.1. The van der Waals surface area contributed by atoms with E-state index < -0.39 is 0 Å². The number of hydrogen-bond acceptors (Lipinski definition) is 1. The number of halogens is 1. The van der Waals surface area contributed by atoms with Gasteiger partial charge in [0.15, 0.2) is 0 Å². The number of rotatable bonds is 2. The van der Waals surface area contributed by atoms with Crippen LogP contribution in [0.1, 0.15) is 45.1 Å². The van der Waals surface area contributed by atoms with Crippen molar-refractivity contribution in [1.82, 2.24) is 0 Å². The van der Waals surface area contributed by atoms with E-state index in [4.69, 9.17) is 0 Å². The van der Waals surface area contributed by atoms with E-state index in [1.807, 2.05) is 19.1 Å². The summed E-state index contributed by atoms with van der Waals surface area (Å²) in [5.74, 6) is -0.138. The van der Waals surface area contributed by atoms with E-state index in [-0.39, 0.29) is 5.82 Å². The van der Waals surface area contributed by atoms with E-state index in [9.17, 15) is 4.39 Å². The summed E-state index contributed by atoms with van der Waals surface area (Å²) in [6.45, 7) is 6.63. The Kier molecular flexibility index (Phi) is 3.41. The van der Waals surface area contributed by atoms with Crippen molar-refractivity contribution in [1.29, 1.82) is 0 Å². The maximum absolute atomic E-state index is 13.6. The fraction of sp³-hybridized carbons (Fsp3) is 0.600. The van der Waals surface area contributed by atoms with Gasteiger partial charge in [-0.25, -0.2) is 4.39 Å². The summed E-state index contributed by atoms with van der Waals surface area (Å²) in [5.41, 5.74) is 2.23. The number of hydrogen-bond donors (Lipinski definition) is 1. The first-order chi connectivity index (χ1) is 7.96. The smallest absolute Gasteiger partial charge is 0.146 e. The van der Waals surface area contributed by atoms with E-state index >= 15 is 0 Å². The lowest BCUT2D eigenvalue weighted by Gasteiger charge is -2.35. The Balaban J connectivity index is 2.00. The van der Waals surface area contributed by atoms with Crippen LogP contribution in [0.3, 0.4) is 0 Å². The number of nitrogens with one attached hydrogen (secondary N) is 1. The zero-order valence-electron chi connectivity index (χ0n) is 11.0. The molecule has 0 aromatic heterocycles. The highest BCUT2D eigenvalue weighted by Crippen LogP contribution is 2.36. The lowest BCUT2D eigenvalue weighted by molar-refractivity contribution is 0.232. The van der Waals surface area contributed by atoms with Crippen LogP contribution >= 0.6 is 0 Å². The molecular formula is C15H22FN. The van der Waals surface area contributed by atoms with E-state index in [1.54, 1.807) is 6.07 Å². The van der Waals surface area contributed by atoms with Crippen LogP contribution in [0.5, 0.6) is 0 Å². The van der Waals surface area contributed by atoms with Gasteiger partial charge in [0.2, 0.25) is 0 Å². The summed E-state index contributed by atoms with van der Waals surface area (Å²) in [7, 11) is 0. The van der Waals surface area contributed by atoms with Gasteiger partial charge >= 0.3 is 0 Å². The van der Waals surface area contributed by atoms with Crippen molar-refractivity contribution in [3.8, 4) is 0 Å². The summed E-state index contributed by atoms with van der Waals surface area (Å²) >= 11 is 0. The quantitative estimate of drug-likeness (QED) is 0.795. The minimum absolute atomic E-state index is 0.138. The Morgan fingerprint density at radius 3 is 2.53 bits per heavy atom. The molecule has 0 aliphatic heterocycles. The SMILES string of the molecule is Cc1ccc(F)c(NC2CCC(C)(C)CC2)c1. The van der Waals surface area contributed by atoms with Gasteiger partial charge in [-0.15, -0.1) is 0 Å². The number of benzene rings is 1. The maximum atomic E-state index is 13.6. The van der Waals surface area contributed by atoms with Gasteiger partial charge in [0, 0.05) is 6.04 Å². The topological polar surface area (TPSA) is 12.0 Å². The van der Waals surface area contributed by atoms with Gasteiger partial charge in [0.1, 0.15) is 5.82 Å². The molecular weight excluding hydrogens is 213 g/mol. The zero-order valence-corrected chi connectivity index (χ0v) is 11.0. The van der Waals surface area contributed by atoms with Gasteiger partial charge in [0.25, 0.3) is 0 Å². The van der Waals surface area contributed by atoms with Crippen LogP contribution < -0.4 is 5.32 Å². The first kappa shape index (κ1) is 12.4. The summed E-state index contributed by atoms with van der Waals surface area (Å²) < 4.78 is 13.6. The van der Waals surface area contributed by atoms with E-state index in [0.717, 1.165) is 18.4 Å². The molecule has 1 aromatic rings. The van der Waals surface area contributed by atoms with Crippen molar-refractivity contribution in [3.63, 3.8) is 0 Å². The lowest BCUT2D eigenvalue weighted by atomic mass is 9.75. The molecule has 1 fully saturated rings. The lowest BCUT2D eigenvalue weighted by Crippen LogP contribution is -2.30. The average Bonchev–Trinajstić information content (AvgIpc) is 2.26. The van der Waals surface area contributed by atoms with Crippen LogP contribution in [-0.2, 0) is 0 Å². The van der Waals surface area contributed by atoms with Crippen LogP contribution in [0.15, 0.2) is 18.2 Å². The van der Waals surface area contributed by atoms with E-state index in [0.29, 0.717) is 17.1 Å². The Bertz CT molecular complexity index is 388. The third kappa shape index (κ3) is 3.21. The Morgan fingerprint density at radius 1 is 1.24 bits per heavy atom. The molecule has 0 atom stereocenters. The van der Waals surface area contributed by atoms with E-state index in [2.05, 4.69) is 19.2 Å². The van der Waals surface area contributed by atoms with Gasteiger partial charge in [-0.3, -0.25) is 0 Å². The van der Waals surface area contributed by atoms with Crippen molar-refractivity contribution >= 4 is 5.69 Å². The van der Waals surface area contributed by atoms with Gasteiger partial charge in [-0.1, -0.05) is 19.9 Å². The first-order valence-corrected chi connectivity index (χ1v) is 6.49. The first-order valence-electron chi connectivity index (χ1n) is 6.49. The Labute approximate surface area is 103 Å². The molecule has 0 saturated heterocycles. The van der Waals surface area contributed by atoms with Crippen LogP contribution in [0.25, 0.3) is 0 Å². The van der Waals surface area contributed by atoms with E-state index in [1.165, 1.54) is 12.8 Å². The molecule has 0 amide bonds. The summed E-state index contributed by atoms with van der Waals surface area (Å²) in [4.78, 5) is 0. The maximum Gasteiger partial charge on any atom is 0.146 e. The van der Waals surface area contributed by atoms with Crippen molar-refractivity contribution in [2.24, 2.45) is 5.41 Å². The van der Waals surface area contributed by atoms with Crippen molar-refractivity contribution in [3.05, 3.63) is 29.6 Å². The highest BCUT2D eigenvalue weighted by Gasteiger charge is 2.26. The average molecular weight is 235 g/mol. The molecule has 0 bridgehead atoms. The molecule has 0 radical (unpaired) electrons. The second-order valence-corrected chi connectivity index (χ2v) is 6.07. The number of aryl methyl sites for hydroxylation is 1. The zero-order chi connectivity index (χ0) is 12.5. The fourth-order valence-electron chi connectivity index (χ4n) is 2.51. The molecule has 1 aliphatic rings. The van der Waals surface area contributed by atoms with Crippen LogP contribution in [-0.4, -0.2) is 6.04 Å². The van der Waals surface area contributed by atoms with Crippen LogP contribution in [0.2, 0.25) is 0 Å². The molecule has 2 rings (SSSR count). The van der Waals surface area contributed by atoms with Crippen LogP contribution in [0, 0.1) is 18.2 Å².